The summed E-state index contributed by atoms with van der Waals surface area (Å²) in [5.74, 6) is -0.286. The molecule has 1 amide bonds. The van der Waals surface area contributed by atoms with Gasteiger partial charge in [-0.05, 0) is 13.0 Å². The molecule has 120 valence electrons. The highest BCUT2D eigenvalue weighted by Gasteiger charge is 2.44. The van der Waals surface area contributed by atoms with Crippen LogP contribution in [-0.4, -0.2) is 50.9 Å². The highest BCUT2D eigenvalue weighted by atomic mass is 16.6. The molecule has 1 saturated heterocycles. The maximum atomic E-state index is 11.1. The number of aromatic nitrogens is 1. The molecule has 3 N–H and O–H groups in total. The fraction of sp³-hybridized carbons (Fsp3) is 0.538. The molecule has 2 heterocycles. The number of nitrogens with one attached hydrogen (secondary N) is 1. The van der Waals surface area contributed by atoms with Crippen LogP contribution in [0.3, 0.4) is 0 Å². The number of amides is 1. The minimum Gasteiger partial charge on any atom is -0.465 e. The van der Waals surface area contributed by atoms with E-state index in [1.54, 1.807) is 18.7 Å². The van der Waals surface area contributed by atoms with Crippen molar-refractivity contribution in [3.8, 4) is 0 Å². The molecule has 0 unspecified atom stereocenters. The van der Waals surface area contributed by atoms with Crippen molar-refractivity contribution < 1.29 is 19.9 Å². The van der Waals surface area contributed by atoms with Gasteiger partial charge >= 0.3 is 11.8 Å². The number of nitrogens with zero attached hydrogens (tertiary/aromatic N) is 3. The normalized spacial score (nSPS) is 28.2. The predicted molar refractivity (Wildman–Crippen MR) is 77.8 cm³/mol. The smallest absolute Gasteiger partial charge is 0.405 e. The third-order valence-corrected chi connectivity index (χ3v) is 4.21. The van der Waals surface area contributed by atoms with Crippen LogP contribution in [0, 0.1) is 16.0 Å². The zero-order chi connectivity index (χ0) is 16.5. The standard InChI is InChI=1S/C13H18N4O5/c1-8-6-16(7-11(13(8,2)20)15-12(18)19)9-3-4-14-5-10(9)17(21)22/h3-5,8,11,15,20H,6-7H2,1-2H3,(H,18,19)/t8-,11+,13+/m0/s1. The van der Waals surface area contributed by atoms with Crippen molar-refractivity contribution in [3.05, 3.63) is 28.6 Å². The molecule has 0 radical (unpaired) electrons. The van der Waals surface area contributed by atoms with Gasteiger partial charge in [-0.1, -0.05) is 6.92 Å². The summed E-state index contributed by atoms with van der Waals surface area (Å²) in [5.41, 5.74) is -1.03. The maximum absolute atomic E-state index is 11.1. The first kappa shape index (κ1) is 16.0. The molecule has 0 aromatic carbocycles. The zero-order valence-electron chi connectivity index (χ0n) is 12.3. The van der Waals surface area contributed by atoms with Crippen LogP contribution in [-0.2, 0) is 0 Å². The Kier molecular flexibility index (Phi) is 4.18. The van der Waals surface area contributed by atoms with Gasteiger partial charge in [0.1, 0.15) is 11.9 Å². The van der Waals surface area contributed by atoms with Gasteiger partial charge < -0.3 is 20.4 Å². The Hall–Kier alpha value is -2.42. The molecule has 1 aromatic heterocycles. The summed E-state index contributed by atoms with van der Waals surface area (Å²) in [7, 11) is 0. The van der Waals surface area contributed by atoms with Gasteiger partial charge in [-0.3, -0.25) is 15.1 Å². The molecule has 0 aliphatic carbocycles. The molecule has 9 nitrogen and oxygen atoms in total. The molecule has 0 spiro atoms. The third-order valence-electron chi connectivity index (χ3n) is 4.21. The Bertz CT molecular complexity index is 592. The SMILES string of the molecule is C[C@H]1CN(c2ccncc2[N+](=O)[O-])C[C@@H](NC(=O)O)[C@]1(C)O. The molecule has 0 saturated carbocycles. The van der Waals surface area contributed by atoms with E-state index in [0.717, 1.165) is 6.20 Å². The number of pyridine rings is 1. The molecule has 22 heavy (non-hydrogen) atoms. The van der Waals surface area contributed by atoms with Gasteiger partial charge in [-0.2, -0.15) is 0 Å². The Morgan fingerprint density at radius 1 is 1.59 bits per heavy atom. The van der Waals surface area contributed by atoms with Crippen molar-refractivity contribution >= 4 is 17.5 Å². The van der Waals surface area contributed by atoms with Gasteiger partial charge in [0.2, 0.25) is 0 Å². The molecule has 1 aromatic rings. The van der Waals surface area contributed by atoms with E-state index in [9.17, 15) is 20.0 Å². The Morgan fingerprint density at radius 2 is 2.27 bits per heavy atom. The monoisotopic (exact) mass is 310 g/mol. The lowest BCUT2D eigenvalue weighted by Gasteiger charge is -2.47. The van der Waals surface area contributed by atoms with Gasteiger partial charge in [-0.25, -0.2) is 4.79 Å². The average Bonchev–Trinajstić information content (AvgIpc) is 2.43. The van der Waals surface area contributed by atoms with E-state index < -0.39 is 22.7 Å². The van der Waals surface area contributed by atoms with Crippen LogP contribution in [0.1, 0.15) is 13.8 Å². The van der Waals surface area contributed by atoms with Crippen LogP contribution in [0.2, 0.25) is 0 Å². The van der Waals surface area contributed by atoms with E-state index in [0.29, 0.717) is 12.2 Å². The minimum absolute atomic E-state index is 0.133. The number of carbonyl (C=O) groups is 1. The topological polar surface area (TPSA) is 129 Å². The molecule has 3 atom stereocenters. The lowest BCUT2D eigenvalue weighted by atomic mass is 9.79. The van der Waals surface area contributed by atoms with Crippen molar-refractivity contribution in [1.82, 2.24) is 10.3 Å². The Labute approximate surface area is 126 Å². The largest absolute Gasteiger partial charge is 0.465 e. The van der Waals surface area contributed by atoms with Crippen molar-refractivity contribution in [2.24, 2.45) is 5.92 Å². The van der Waals surface area contributed by atoms with E-state index in [2.05, 4.69) is 10.3 Å². The number of piperidine rings is 1. The number of rotatable bonds is 3. The number of nitro groups is 1. The second-order valence-electron chi connectivity index (χ2n) is 5.66. The molecule has 0 bridgehead atoms. The lowest BCUT2D eigenvalue weighted by molar-refractivity contribution is -0.384. The van der Waals surface area contributed by atoms with Gasteiger partial charge in [0.15, 0.2) is 0 Å². The summed E-state index contributed by atoms with van der Waals surface area (Å²) >= 11 is 0. The van der Waals surface area contributed by atoms with Gasteiger partial charge in [0.25, 0.3) is 0 Å². The summed E-state index contributed by atoms with van der Waals surface area (Å²) < 4.78 is 0. The first-order chi connectivity index (χ1) is 10.2. The van der Waals surface area contributed by atoms with Crippen molar-refractivity contribution in [1.29, 1.82) is 0 Å². The fourth-order valence-electron chi connectivity index (χ4n) is 2.66. The lowest BCUT2D eigenvalue weighted by Crippen LogP contribution is -2.65. The van der Waals surface area contributed by atoms with Crippen LogP contribution in [0.15, 0.2) is 18.5 Å². The highest BCUT2D eigenvalue weighted by molar-refractivity contribution is 5.66. The summed E-state index contributed by atoms with van der Waals surface area (Å²) in [5, 5.41) is 32.8. The zero-order valence-corrected chi connectivity index (χ0v) is 12.3. The van der Waals surface area contributed by atoms with E-state index in [-0.39, 0.29) is 18.2 Å². The van der Waals surface area contributed by atoms with Crippen molar-refractivity contribution in [2.45, 2.75) is 25.5 Å². The molecular formula is C13H18N4O5. The molecule has 1 fully saturated rings. The van der Waals surface area contributed by atoms with Gasteiger partial charge in [-0.15, -0.1) is 0 Å². The van der Waals surface area contributed by atoms with Gasteiger partial charge in [0.05, 0.1) is 16.6 Å². The van der Waals surface area contributed by atoms with Gasteiger partial charge in [0, 0.05) is 25.2 Å². The van der Waals surface area contributed by atoms with Crippen LogP contribution < -0.4 is 10.2 Å². The minimum atomic E-state index is -1.25. The van der Waals surface area contributed by atoms with Crippen LogP contribution in [0.25, 0.3) is 0 Å². The van der Waals surface area contributed by atoms with E-state index in [1.165, 1.54) is 12.3 Å². The maximum Gasteiger partial charge on any atom is 0.405 e. The second kappa shape index (κ2) is 5.76. The fourth-order valence-corrected chi connectivity index (χ4v) is 2.66. The number of aliphatic hydroxyl groups is 1. The van der Waals surface area contributed by atoms with E-state index in [1.807, 2.05) is 0 Å². The Morgan fingerprint density at radius 3 is 2.86 bits per heavy atom. The van der Waals surface area contributed by atoms with E-state index >= 15 is 0 Å². The quantitative estimate of drug-likeness (QED) is 0.557. The van der Waals surface area contributed by atoms with E-state index in [4.69, 9.17) is 5.11 Å². The molecule has 9 heteroatoms. The third kappa shape index (κ3) is 2.93. The number of anilines is 1. The van der Waals surface area contributed by atoms with Crippen LogP contribution in [0.4, 0.5) is 16.2 Å². The summed E-state index contributed by atoms with van der Waals surface area (Å²) in [6.45, 7) is 3.84. The van der Waals surface area contributed by atoms with Crippen molar-refractivity contribution in [2.75, 3.05) is 18.0 Å². The van der Waals surface area contributed by atoms with Crippen LogP contribution >= 0.6 is 0 Å². The summed E-state index contributed by atoms with van der Waals surface area (Å²) in [4.78, 5) is 27.0. The second-order valence-corrected chi connectivity index (χ2v) is 5.66. The van der Waals surface area contributed by atoms with Crippen molar-refractivity contribution in [3.63, 3.8) is 0 Å². The predicted octanol–water partition coefficient (Wildman–Crippen LogP) is 0.833. The van der Waals surface area contributed by atoms with Crippen LogP contribution in [0.5, 0.6) is 0 Å². The number of hydrogen-bond acceptors (Lipinski definition) is 6. The first-order valence-electron chi connectivity index (χ1n) is 6.78. The molecular weight excluding hydrogens is 292 g/mol. The highest BCUT2D eigenvalue weighted by Crippen LogP contribution is 2.34. The molecule has 1 aliphatic rings. The molecule has 1 aliphatic heterocycles. The first-order valence-corrected chi connectivity index (χ1v) is 6.78. The number of carboxylic acid groups (broad SMARTS) is 1. The average molecular weight is 310 g/mol. The Balaban J connectivity index is 2.34. The summed E-state index contributed by atoms with van der Waals surface area (Å²) in [6, 6.07) is 0.754. The summed E-state index contributed by atoms with van der Waals surface area (Å²) in [6.07, 6.45) is 1.36. The molecule has 2 rings (SSSR count). The number of hydrogen-bond donors (Lipinski definition) is 3.